The monoisotopic (exact) mass is 306 g/mol. The summed E-state index contributed by atoms with van der Waals surface area (Å²) in [6.07, 6.45) is 0. The zero-order chi connectivity index (χ0) is 16.1. The maximum atomic E-state index is 9.93. The highest BCUT2D eigenvalue weighted by molar-refractivity contribution is 5.58. The van der Waals surface area contributed by atoms with Gasteiger partial charge in [0.25, 0.3) is 0 Å². The molecular formula is C16H18O6. The summed E-state index contributed by atoms with van der Waals surface area (Å²) in [4.78, 5) is 0. The van der Waals surface area contributed by atoms with E-state index in [1.54, 1.807) is 44.6 Å². The zero-order valence-electron chi connectivity index (χ0n) is 12.9. The van der Waals surface area contributed by atoms with Crippen molar-refractivity contribution in [1.82, 2.24) is 0 Å². The lowest BCUT2D eigenvalue weighted by atomic mass is 10.2. The fourth-order valence-electron chi connectivity index (χ4n) is 1.96. The van der Waals surface area contributed by atoms with Crippen molar-refractivity contribution < 1.29 is 28.8 Å². The molecule has 1 N–H and O–H groups in total. The smallest absolute Gasteiger partial charge is 0.210 e. The van der Waals surface area contributed by atoms with Gasteiger partial charge in [-0.25, -0.2) is 0 Å². The minimum absolute atomic E-state index is 0.0932. The minimum atomic E-state index is -0.0932. The molecule has 0 unspecified atom stereocenters. The van der Waals surface area contributed by atoms with Gasteiger partial charge in [-0.3, -0.25) is 0 Å². The molecule has 0 spiro atoms. The van der Waals surface area contributed by atoms with Gasteiger partial charge in [0.1, 0.15) is 5.75 Å². The maximum absolute atomic E-state index is 9.93. The van der Waals surface area contributed by atoms with Crippen molar-refractivity contribution in [2.75, 3.05) is 28.4 Å². The van der Waals surface area contributed by atoms with E-state index in [1.807, 2.05) is 0 Å². The van der Waals surface area contributed by atoms with Gasteiger partial charge in [-0.2, -0.15) is 0 Å². The Hall–Kier alpha value is -2.76. The molecule has 0 atom stereocenters. The summed E-state index contributed by atoms with van der Waals surface area (Å²) in [5, 5.41) is 9.93. The first kappa shape index (κ1) is 15.6. The molecule has 6 heteroatoms. The van der Waals surface area contributed by atoms with Gasteiger partial charge in [0.05, 0.1) is 28.4 Å². The molecule has 6 nitrogen and oxygen atoms in total. The van der Waals surface area contributed by atoms with Gasteiger partial charge in [0, 0.05) is 12.1 Å². The van der Waals surface area contributed by atoms with Crippen LogP contribution in [0.3, 0.4) is 0 Å². The Kier molecular flexibility index (Phi) is 4.83. The lowest BCUT2D eigenvalue weighted by molar-refractivity contribution is 0.328. The quantitative estimate of drug-likeness (QED) is 0.884. The molecule has 0 amide bonds. The van der Waals surface area contributed by atoms with Gasteiger partial charge in [0.15, 0.2) is 23.0 Å². The van der Waals surface area contributed by atoms with Gasteiger partial charge in [0.2, 0.25) is 11.5 Å². The largest absolute Gasteiger partial charge is 0.502 e. The molecule has 2 aromatic rings. The molecule has 2 rings (SSSR count). The third-order valence-electron chi connectivity index (χ3n) is 3.06. The summed E-state index contributed by atoms with van der Waals surface area (Å²) >= 11 is 0. The predicted molar refractivity (Wildman–Crippen MR) is 80.8 cm³/mol. The highest BCUT2D eigenvalue weighted by Crippen LogP contribution is 2.44. The Morgan fingerprint density at radius 1 is 0.727 bits per heavy atom. The number of ether oxygens (including phenoxy) is 5. The van der Waals surface area contributed by atoms with E-state index in [0.717, 1.165) is 0 Å². The average Bonchev–Trinajstić information content (AvgIpc) is 2.56. The Balaban J connectivity index is 2.47. The first-order chi connectivity index (χ1) is 10.6. The van der Waals surface area contributed by atoms with Gasteiger partial charge in [-0.1, -0.05) is 6.07 Å². The maximum Gasteiger partial charge on any atom is 0.210 e. The molecule has 0 bridgehead atoms. The van der Waals surface area contributed by atoms with Crippen LogP contribution in [0, 0.1) is 0 Å². The second-order valence-corrected chi connectivity index (χ2v) is 4.27. The number of aromatic hydroxyl groups is 1. The van der Waals surface area contributed by atoms with E-state index >= 15 is 0 Å². The Morgan fingerprint density at radius 2 is 1.18 bits per heavy atom. The average molecular weight is 306 g/mol. The molecule has 0 fully saturated rings. The molecule has 0 radical (unpaired) electrons. The molecule has 0 heterocycles. The Bertz CT molecular complexity index is 606. The number of phenols is 1. The summed E-state index contributed by atoms with van der Waals surface area (Å²) in [5.41, 5.74) is 0. The van der Waals surface area contributed by atoms with Crippen LogP contribution in [0.4, 0.5) is 0 Å². The highest BCUT2D eigenvalue weighted by Gasteiger charge is 2.16. The molecule has 2 aromatic carbocycles. The fourth-order valence-corrected chi connectivity index (χ4v) is 1.96. The predicted octanol–water partition coefficient (Wildman–Crippen LogP) is 3.22. The van der Waals surface area contributed by atoms with Crippen LogP contribution in [0.5, 0.6) is 40.2 Å². The lowest BCUT2D eigenvalue weighted by Crippen LogP contribution is -1.96. The highest BCUT2D eigenvalue weighted by atomic mass is 16.5. The summed E-state index contributed by atoms with van der Waals surface area (Å²) in [6, 6.07) is 8.40. The first-order valence-electron chi connectivity index (χ1n) is 6.48. The Morgan fingerprint density at radius 3 is 1.59 bits per heavy atom. The minimum Gasteiger partial charge on any atom is -0.502 e. The van der Waals surface area contributed by atoms with Crippen molar-refractivity contribution >= 4 is 0 Å². The van der Waals surface area contributed by atoms with Crippen molar-refractivity contribution in [2.45, 2.75) is 0 Å². The molecule has 0 saturated heterocycles. The number of phenolic OH excluding ortho intramolecular Hbond substituents is 1. The molecule has 118 valence electrons. The van der Waals surface area contributed by atoms with Crippen LogP contribution >= 0.6 is 0 Å². The number of para-hydroxylation sites is 1. The van der Waals surface area contributed by atoms with Crippen LogP contribution in [-0.2, 0) is 0 Å². The number of rotatable bonds is 6. The molecule has 22 heavy (non-hydrogen) atoms. The van der Waals surface area contributed by atoms with E-state index in [9.17, 15) is 5.11 Å². The number of methoxy groups -OCH3 is 4. The van der Waals surface area contributed by atoms with Crippen molar-refractivity contribution in [2.24, 2.45) is 0 Å². The SMILES string of the molecule is COc1cc(Oc2c(OC)cccc2OC)cc(OC)c1O. The fraction of sp³-hybridized carbons (Fsp3) is 0.250. The number of hydrogen-bond donors (Lipinski definition) is 1. The van der Waals surface area contributed by atoms with Gasteiger partial charge >= 0.3 is 0 Å². The summed E-state index contributed by atoms with van der Waals surface area (Å²) in [5.74, 6) is 2.25. The van der Waals surface area contributed by atoms with E-state index in [1.165, 1.54) is 14.2 Å². The van der Waals surface area contributed by atoms with Crippen molar-refractivity contribution in [3.63, 3.8) is 0 Å². The van der Waals surface area contributed by atoms with Gasteiger partial charge in [-0.15, -0.1) is 0 Å². The van der Waals surface area contributed by atoms with Crippen LogP contribution in [-0.4, -0.2) is 33.5 Å². The van der Waals surface area contributed by atoms with E-state index in [-0.39, 0.29) is 17.2 Å². The van der Waals surface area contributed by atoms with E-state index in [2.05, 4.69) is 0 Å². The first-order valence-corrected chi connectivity index (χ1v) is 6.48. The summed E-state index contributed by atoms with van der Waals surface area (Å²) in [7, 11) is 5.98. The summed E-state index contributed by atoms with van der Waals surface area (Å²) in [6.45, 7) is 0. The lowest BCUT2D eigenvalue weighted by Gasteiger charge is -2.15. The van der Waals surface area contributed by atoms with Crippen molar-refractivity contribution in [3.8, 4) is 40.2 Å². The molecular weight excluding hydrogens is 288 g/mol. The van der Waals surface area contributed by atoms with Crippen LogP contribution in [0.2, 0.25) is 0 Å². The van der Waals surface area contributed by atoms with Crippen LogP contribution in [0.15, 0.2) is 30.3 Å². The standard InChI is InChI=1S/C16H18O6/c1-18-11-6-5-7-12(19-2)16(11)22-10-8-13(20-3)15(17)14(9-10)21-4/h5-9,17H,1-4H3. The van der Waals surface area contributed by atoms with Crippen LogP contribution < -0.4 is 23.7 Å². The van der Waals surface area contributed by atoms with Crippen LogP contribution in [0.25, 0.3) is 0 Å². The second kappa shape index (κ2) is 6.80. The van der Waals surface area contributed by atoms with Crippen molar-refractivity contribution in [1.29, 1.82) is 0 Å². The normalized spacial score (nSPS) is 10.0. The molecule has 0 aliphatic heterocycles. The third kappa shape index (κ3) is 2.95. The zero-order valence-corrected chi connectivity index (χ0v) is 12.9. The topological polar surface area (TPSA) is 66.4 Å². The van der Waals surface area contributed by atoms with Gasteiger partial charge in [-0.05, 0) is 12.1 Å². The molecule has 0 aliphatic carbocycles. The van der Waals surface area contributed by atoms with E-state index in [4.69, 9.17) is 23.7 Å². The van der Waals surface area contributed by atoms with Crippen LogP contribution in [0.1, 0.15) is 0 Å². The third-order valence-corrected chi connectivity index (χ3v) is 3.06. The molecule has 0 saturated carbocycles. The Labute approximate surface area is 128 Å². The summed E-state index contributed by atoms with van der Waals surface area (Å²) < 4.78 is 26.6. The van der Waals surface area contributed by atoms with E-state index < -0.39 is 0 Å². The number of hydrogen-bond acceptors (Lipinski definition) is 6. The van der Waals surface area contributed by atoms with Crippen molar-refractivity contribution in [3.05, 3.63) is 30.3 Å². The van der Waals surface area contributed by atoms with E-state index in [0.29, 0.717) is 23.0 Å². The second-order valence-electron chi connectivity index (χ2n) is 4.27. The molecule has 0 aliphatic rings. The number of benzene rings is 2. The molecule has 0 aromatic heterocycles. The van der Waals surface area contributed by atoms with Gasteiger partial charge < -0.3 is 28.8 Å².